The molecule has 0 radical (unpaired) electrons. The van der Waals surface area contributed by atoms with Crippen LogP contribution in [0.25, 0.3) is 0 Å². The Morgan fingerprint density at radius 3 is 2.65 bits per heavy atom. The number of non-ortho nitro benzene ring substituents is 1. The normalized spacial score (nSPS) is 10.3. The zero-order valence-corrected chi connectivity index (χ0v) is 11.9. The molecule has 1 aromatic carbocycles. The van der Waals surface area contributed by atoms with E-state index in [0.717, 1.165) is 16.7 Å². The Labute approximate surface area is 121 Å². The van der Waals surface area contributed by atoms with E-state index in [0.29, 0.717) is 17.3 Å². The fourth-order valence-corrected chi connectivity index (χ4v) is 2.29. The number of halogens is 1. The van der Waals surface area contributed by atoms with Crippen molar-refractivity contribution in [2.24, 2.45) is 0 Å². The maximum Gasteiger partial charge on any atom is 0.271 e. The minimum Gasteiger partial charge on any atom is -0.379 e. The van der Waals surface area contributed by atoms with Crippen LogP contribution in [0, 0.1) is 24.0 Å². The van der Waals surface area contributed by atoms with Crippen molar-refractivity contribution in [3.8, 4) is 0 Å². The van der Waals surface area contributed by atoms with Crippen molar-refractivity contribution in [1.82, 2.24) is 4.98 Å². The van der Waals surface area contributed by atoms with Gasteiger partial charge in [0.2, 0.25) is 0 Å². The number of nitrogens with zero attached hydrogens (tertiary/aromatic N) is 2. The maximum atomic E-state index is 10.8. The lowest BCUT2D eigenvalue weighted by Gasteiger charge is -2.11. The molecule has 0 aliphatic heterocycles. The predicted molar refractivity (Wildman–Crippen MR) is 79.1 cm³/mol. The summed E-state index contributed by atoms with van der Waals surface area (Å²) >= 11 is 6.09. The summed E-state index contributed by atoms with van der Waals surface area (Å²) in [6, 6.07) is 4.88. The average molecular weight is 292 g/mol. The largest absolute Gasteiger partial charge is 0.379 e. The molecule has 0 amide bonds. The van der Waals surface area contributed by atoms with Crippen molar-refractivity contribution in [3.05, 3.63) is 62.4 Å². The van der Waals surface area contributed by atoms with Crippen molar-refractivity contribution in [2.45, 2.75) is 20.4 Å². The number of nitro benzene ring substituents is 1. The molecule has 20 heavy (non-hydrogen) atoms. The SMILES string of the molecule is Cc1cncc(CNc2c(C)cc([N+](=O)[O-])cc2Cl)c1. The monoisotopic (exact) mass is 291 g/mol. The molecule has 0 aliphatic rings. The molecule has 0 bridgehead atoms. The zero-order valence-electron chi connectivity index (χ0n) is 11.2. The van der Waals surface area contributed by atoms with Gasteiger partial charge in [0.15, 0.2) is 0 Å². The summed E-state index contributed by atoms with van der Waals surface area (Å²) in [5.41, 5.74) is 3.55. The van der Waals surface area contributed by atoms with E-state index < -0.39 is 4.92 Å². The van der Waals surface area contributed by atoms with Crippen molar-refractivity contribution in [1.29, 1.82) is 0 Å². The van der Waals surface area contributed by atoms with Crippen molar-refractivity contribution >= 4 is 23.0 Å². The van der Waals surface area contributed by atoms with Crippen LogP contribution in [0.4, 0.5) is 11.4 Å². The van der Waals surface area contributed by atoms with Crippen molar-refractivity contribution in [3.63, 3.8) is 0 Å². The second-order valence-electron chi connectivity index (χ2n) is 4.60. The third-order valence-corrected chi connectivity index (χ3v) is 3.18. The van der Waals surface area contributed by atoms with Gasteiger partial charge in [-0.3, -0.25) is 15.1 Å². The van der Waals surface area contributed by atoms with Crippen LogP contribution in [0.2, 0.25) is 5.02 Å². The first kappa shape index (κ1) is 14.3. The van der Waals surface area contributed by atoms with Gasteiger partial charge in [-0.1, -0.05) is 17.7 Å². The number of pyridine rings is 1. The quantitative estimate of drug-likeness (QED) is 0.686. The van der Waals surface area contributed by atoms with E-state index in [1.54, 1.807) is 19.3 Å². The predicted octanol–water partition coefficient (Wildman–Crippen LogP) is 3.87. The van der Waals surface area contributed by atoms with Gasteiger partial charge in [0.05, 0.1) is 15.6 Å². The van der Waals surface area contributed by atoms with Gasteiger partial charge in [-0.05, 0) is 30.5 Å². The third kappa shape index (κ3) is 3.24. The van der Waals surface area contributed by atoms with Gasteiger partial charge < -0.3 is 5.32 Å². The van der Waals surface area contributed by atoms with Crippen LogP contribution in [0.5, 0.6) is 0 Å². The Morgan fingerprint density at radius 2 is 2.05 bits per heavy atom. The molecule has 0 atom stereocenters. The molecule has 1 heterocycles. The number of nitrogens with one attached hydrogen (secondary N) is 1. The fraction of sp³-hybridized carbons (Fsp3) is 0.214. The van der Waals surface area contributed by atoms with E-state index in [2.05, 4.69) is 10.3 Å². The van der Waals surface area contributed by atoms with Gasteiger partial charge in [0.1, 0.15) is 0 Å². The Hall–Kier alpha value is -2.14. The molecule has 1 aromatic heterocycles. The lowest BCUT2D eigenvalue weighted by atomic mass is 10.1. The van der Waals surface area contributed by atoms with Gasteiger partial charge in [-0.2, -0.15) is 0 Å². The Bertz CT molecular complexity index is 636. The first-order valence-electron chi connectivity index (χ1n) is 6.06. The first-order valence-corrected chi connectivity index (χ1v) is 6.44. The highest BCUT2D eigenvalue weighted by atomic mass is 35.5. The molecule has 0 saturated heterocycles. The van der Waals surface area contributed by atoms with E-state index in [9.17, 15) is 10.1 Å². The third-order valence-electron chi connectivity index (χ3n) is 2.88. The standard InChI is InChI=1S/C14H14ClN3O2/c1-9-3-11(7-16-6-9)8-17-14-10(2)4-12(18(19)20)5-13(14)15/h3-7,17H,8H2,1-2H3. The second kappa shape index (κ2) is 5.88. The molecule has 104 valence electrons. The van der Waals surface area contributed by atoms with Crippen LogP contribution in [-0.4, -0.2) is 9.91 Å². The molecular formula is C14H14ClN3O2. The van der Waals surface area contributed by atoms with Gasteiger partial charge in [0, 0.05) is 31.1 Å². The molecule has 0 unspecified atom stereocenters. The van der Waals surface area contributed by atoms with Crippen molar-refractivity contribution in [2.75, 3.05) is 5.32 Å². The molecule has 0 fully saturated rings. The summed E-state index contributed by atoms with van der Waals surface area (Å²) in [5, 5.41) is 14.3. The van der Waals surface area contributed by atoms with Crippen LogP contribution < -0.4 is 5.32 Å². The molecule has 1 N–H and O–H groups in total. The van der Waals surface area contributed by atoms with Gasteiger partial charge in [-0.25, -0.2) is 0 Å². The van der Waals surface area contributed by atoms with Crippen LogP contribution >= 0.6 is 11.6 Å². The fourth-order valence-electron chi connectivity index (χ4n) is 1.96. The maximum absolute atomic E-state index is 10.8. The molecule has 0 aliphatic carbocycles. The van der Waals surface area contributed by atoms with E-state index in [4.69, 9.17) is 11.6 Å². The Kier molecular flexibility index (Phi) is 4.20. The number of hydrogen-bond acceptors (Lipinski definition) is 4. The Balaban J connectivity index is 2.20. The summed E-state index contributed by atoms with van der Waals surface area (Å²) in [4.78, 5) is 14.4. The molecule has 0 saturated carbocycles. The van der Waals surface area contributed by atoms with Gasteiger partial charge >= 0.3 is 0 Å². The smallest absolute Gasteiger partial charge is 0.271 e. The van der Waals surface area contributed by atoms with E-state index in [1.165, 1.54) is 12.1 Å². The molecule has 6 heteroatoms. The summed E-state index contributed by atoms with van der Waals surface area (Å²) < 4.78 is 0. The molecule has 2 aromatic rings. The minimum absolute atomic E-state index is 0.00438. The van der Waals surface area contributed by atoms with E-state index in [-0.39, 0.29) is 5.69 Å². The van der Waals surface area contributed by atoms with Gasteiger partial charge in [0.25, 0.3) is 5.69 Å². The summed E-state index contributed by atoms with van der Waals surface area (Å²) in [6.07, 6.45) is 3.56. The molecule has 5 nitrogen and oxygen atoms in total. The zero-order chi connectivity index (χ0) is 14.7. The minimum atomic E-state index is -0.451. The highest BCUT2D eigenvalue weighted by Crippen LogP contribution is 2.31. The number of nitro groups is 1. The first-order chi connectivity index (χ1) is 9.47. The lowest BCUT2D eigenvalue weighted by molar-refractivity contribution is -0.384. The average Bonchev–Trinajstić information content (AvgIpc) is 2.37. The van der Waals surface area contributed by atoms with Crippen LogP contribution in [0.1, 0.15) is 16.7 Å². The number of hydrogen-bond donors (Lipinski definition) is 1. The number of anilines is 1. The second-order valence-corrected chi connectivity index (χ2v) is 5.01. The van der Waals surface area contributed by atoms with Crippen LogP contribution in [0.15, 0.2) is 30.6 Å². The number of aromatic nitrogens is 1. The number of aryl methyl sites for hydroxylation is 2. The van der Waals surface area contributed by atoms with Crippen molar-refractivity contribution < 1.29 is 4.92 Å². The number of benzene rings is 1. The molecule has 2 rings (SSSR count). The summed E-state index contributed by atoms with van der Waals surface area (Å²) in [7, 11) is 0. The highest BCUT2D eigenvalue weighted by Gasteiger charge is 2.13. The summed E-state index contributed by atoms with van der Waals surface area (Å²) in [5.74, 6) is 0. The van der Waals surface area contributed by atoms with E-state index in [1.807, 2.05) is 13.0 Å². The molecule has 0 spiro atoms. The number of rotatable bonds is 4. The van der Waals surface area contributed by atoms with Gasteiger partial charge in [-0.15, -0.1) is 0 Å². The topological polar surface area (TPSA) is 68.1 Å². The summed E-state index contributed by atoms with van der Waals surface area (Å²) in [6.45, 7) is 4.32. The Morgan fingerprint density at radius 1 is 1.30 bits per heavy atom. The lowest BCUT2D eigenvalue weighted by Crippen LogP contribution is -2.03. The molecular weight excluding hydrogens is 278 g/mol. The highest BCUT2D eigenvalue weighted by molar-refractivity contribution is 6.33. The van der Waals surface area contributed by atoms with Crippen LogP contribution in [0.3, 0.4) is 0 Å². The van der Waals surface area contributed by atoms with E-state index >= 15 is 0 Å². The van der Waals surface area contributed by atoms with Crippen LogP contribution in [-0.2, 0) is 6.54 Å².